The largest absolute Gasteiger partial charge is 0.357 e. The first-order valence-electron chi connectivity index (χ1n) is 6.16. The lowest BCUT2D eigenvalue weighted by Gasteiger charge is -2.11. The molecule has 1 aromatic heterocycles. The summed E-state index contributed by atoms with van der Waals surface area (Å²) in [6, 6.07) is 0. The van der Waals surface area contributed by atoms with Crippen LogP contribution in [0.4, 0.5) is 0 Å². The lowest BCUT2D eigenvalue weighted by atomic mass is 10.5. The Hall–Kier alpha value is -0.900. The molecule has 6 nitrogen and oxygen atoms in total. The van der Waals surface area contributed by atoms with E-state index in [1.807, 2.05) is 20.0 Å². The Labute approximate surface area is 141 Å². The van der Waals surface area contributed by atoms with Crippen molar-refractivity contribution in [1.82, 2.24) is 20.5 Å². The number of guanidine groups is 1. The summed E-state index contributed by atoms with van der Waals surface area (Å²) < 4.78 is 0. The number of hydrogen-bond donors (Lipinski definition) is 2. The number of amides is 1. The highest BCUT2D eigenvalue weighted by Crippen LogP contribution is 2.10. The van der Waals surface area contributed by atoms with Gasteiger partial charge in [-0.25, -0.2) is 9.98 Å². The first-order chi connectivity index (χ1) is 9.02. The Morgan fingerprint density at radius 1 is 1.45 bits per heavy atom. The molecular formula is C12H22IN5OS. The second-order valence-electron chi connectivity index (χ2n) is 4.20. The Kier molecular flexibility index (Phi) is 9.47. The normalized spacial score (nSPS) is 10.7. The Morgan fingerprint density at radius 3 is 2.65 bits per heavy atom. The quantitative estimate of drug-likeness (QED) is 0.434. The van der Waals surface area contributed by atoms with Crippen molar-refractivity contribution in [2.75, 3.05) is 27.2 Å². The van der Waals surface area contributed by atoms with Crippen LogP contribution in [0.2, 0.25) is 0 Å². The highest BCUT2D eigenvalue weighted by molar-refractivity contribution is 14.0. The molecule has 8 heteroatoms. The first kappa shape index (κ1) is 19.1. The molecule has 0 atom stereocenters. The number of thiazole rings is 1. The maximum Gasteiger partial charge on any atom is 0.243 e. The van der Waals surface area contributed by atoms with Gasteiger partial charge < -0.3 is 15.5 Å². The zero-order chi connectivity index (χ0) is 14.3. The fraction of sp³-hybridized carbons (Fsp3) is 0.583. The molecule has 2 N–H and O–H groups in total. The van der Waals surface area contributed by atoms with Crippen LogP contribution in [0.3, 0.4) is 0 Å². The van der Waals surface area contributed by atoms with E-state index in [1.165, 1.54) is 9.78 Å². The number of aliphatic imine (C=N–C) groups is 1. The summed E-state index contributed by atoms with van der Waals surface area (Å²) in [6.45, 7) is 5.51. The Bertz CT molecular complexity index is 447. The molecular weight excluding hydrogens is 389 g/mol. The zero-order valence-electron chi connectivity index (χ0n) is 12.3. The molecule has 0 saturated carbocycles. The van der Waals surface area contributed by atoms with Crippen molar-refractivity contribution in [3.8, 4) is 0 Å². The van der Waals surface area contributed by atoms with E-state index in [-0.39, 0.29) is 36.4 Å². The van der Waals surface area contributed by atoms with Crippen LogP contribution in [0.5, 0.6) is 0 Å². The number of nitrogens with one attached hydrogen (secondary N) is 2. The molecule has 0 spiro atoms. The van der Waals surface area contributed by atoms with E-state index in [2.05, 4.69) is 20.6 Å². The number of rotatable bonds is 5. The van der Waals surface area contributed by atoms with Gasteiger partial charge in [0, 0.05) is 31.7 Å². The molecule has 114 valence electrons. The molecule has 0 fully saturated rings. The summed E-state index contributed by atoms with van der Waals surface area (Å²) in [5.41, 5.74) is 0. The van der Waals surface area contributed by atoms with Gasteiger partial charge in [-0.2, -0.15) is 0 Å². The van der Waals surface area contributed by atoms with E-state index in [1.54, 1.807) is 25.4 Å². The van der Waals surface area contributed by atoms with Crippen LogP contribution in [0, 0.1) is 6.92 Å². The third-order valence-corrected chi connectivity index (χ3v) is 3.20. The minimum absolute atomic E-state index is 0. The average Bonchev–Trinajstić information content (AvgIpc) is 2.78. The molecule has 0 unspecified atom stereocenters. The monoisotopic (exact) mass is 411 g/mol. The summed E-state index contributed by atoms with van der Waals surface area (Å²) in [4.78, 5) is 22.7. The van der Waals surface area contributed by atoms with Gasteiger partial charge in [0.1, 0.15) is 11.6 Å². The standard InChI is InChI=1S/C12H21N5OS.HI/c1-5-13-12(16-8-11(18)17(3)4)15-7-10-14-6-9(2)19-10;/h6H,5,7-8H2,1-4H3,(H2,13,15,16);1H. The lowest BCUT2D eigenvalue weighted by molar-refractivity contribution is -0.127. The molecule has 0 bridgehead atoms. The van der Waals surface area contributed by atoms with Crippen molar-refractivity contribution in [2.24, 2.45) is 4.99 Å². The number of halogens is 1. The maximum atomic E-state index is 11.5. The van der Waals surface area contributed by atoms with Crippen LogP contribution in [-0.4, -0.2) is 48.9 Å². The van der Waals surface area contributed by atoms with Gasteiger partial charge in [0.15, 0.2) is 5.96 Å². The predicted octanol–water partition coefficient (Wildman–Crippen LogP) is 1.21. The molecule has 0 radical (unpaired) electrons. The van der Waals surface area contributed by atoms with E-state index in [9.17, 15) is 4.79 Å². The molecule has 1 heterocycles. The number of likely N-dealkylation sites (N-methyl/N-ethyl adjacent to an activating group) is 1. The van der Waals surface area contributed by atoms with Gasteiger partial charge in [-0.1, -0.05) is 0 Å². The summed E-state index contributed by atoms with van der Waals surface area (Å²) >= 11 is 1.65. The van der Waals surface area contributed by atoms with Crippen molar-refractivity contribution >= 4 is 47.2 Å². The smallest absolute Gasteiger partial charge is 0.243 e. The van der Waals surface area contributed by atoms with Gasteiger partial charge in [0.25, 0.3) is 0 Å². The molecule has 1 rings (SSSR count). The molecule has 1 amide bonds. The summed E-state index contributed by atoms with van der Waals surface area (Å²) in [5.74, 6) is 0.604. The third kappa shape index (κ3) is 7.04. The molecule has 0 aliphatic rings. The molecule has 0 aliphatic heterocycles. The predicted molar refractivity (Wildman–Crippen MR) is 93.8 cm³/mol. The lowest BCUT2D eigenvalue weighted by Crippen LogP contribution is -2.38. The van der Waals surface area contributed by atoms with Gasteiger partial charge in [-0.15, -0.1) is 35.3 Å². The molecule has 1 aromatic rings. The first-order valence-corrected chi connectivity index (χ1v) is 6.98. The zero-order valence-corrected chi connectivity index (χ0v) is 15.4. The molecule has 0 saturated heterocycles. The van der Waals surface area contributed by atoms with Crippen LogP contribution in [0.1, 0.15) is 16.8 Å². The minimum atomic E-state index is -0.0257. The molecule has 0 aromatic carbocycles. The Balaban J connectivity index is 0.00000361. The van der Waals surface area contributed by atoms with Crippen molar-refractivity contribution in [2.45, 2.75) is 20.4 Å². The van der Waals surface area contributed by atoms with Crippen molar-refractivity contribution < 1.29 is 4.79 Å². The summed E-state index contributed by atoms with van der Waals surface area (Å²) in [5, 5.41) is 7.26. The van der Waals surface area contributed by atoms with Gasteiger partial charge in [0.2, 0.25) is 5.91 Å². The maximum absolute atomic E-state index is 11.5. The van der Waals surface area contributed by atoms with Crippen molar-refractivity contribution in [1.29, 1.82) is 0 Å². The number of carbonyl (C=O) groups excluding carboxylic acids is 1. The topological polar surface area (TPSA) is 69.6 Å². The third-order valence-electron chi connectivity index (χ3n) is 2.29. The van der Waals surface area contributed by atoms with E-state index in [0.717, 1.165) is 11.6 Å². The van der Waals surface area contributed by atoms with Gasteiger partial charge in [-0.05, 0) is 13.8 Å². The van der Waals surface area contributed by atoms with E-state index >= 15 is 0 Å². The number of hydrogen-bond acceptors (Lipinski definition) is 4. The van der Waals surface area contributed by atoms with Gasteiger partial charge in [0.05, 0.1) is 6.54 Å². The van der Waals surface area contributed by atoms with E-state index in [4.69, 9.17) is 0 Å². The average molecular weight is 411 g/mol. The number of aryl methyl sites for hydroxylation is 1. The van der Waals surface area contributed by atoms with Gasteiger partial charge >= 0.3 is 0 Å². The number of aromatic nitrogens is 1. The van der Waals surface area contributed by atoms with E-state index < -0.39 is 0 Å². The summed E-state index contributed by atoms with van der Waals surface area (Å²) in [6.07, 6.45) is 1.85. The molecule has 20 heavy (non-hydrogen) atoms. The fourth-order valence-electron chi connectivity index (χ4n) is 1.27. The van der Waals surface area contributed by atoms with Crippen LogP contribution in [0.25, 0.3) is 0 Å². The minimum Gasteiger partial charge on any atom is -0.357 e. The fourth-order valence-corrected chi connectivity index (χ4v) is 2.00. The van der Waals surface area contributed by atoms with Crippen LogP contribution in [-0.2, 0) is 11.3 Å². The number of nitrogens with zero attached hydrogens (tertiary/aromatic N) is 3. The Morgan fingerprint density at radius 2 is 2.15 bits per heavy atom. The summed E-state index contributed by atoms with van der Waals surface area (Å²) in [7, 11) is 3.44. The van der Waals surface area contributed by atoms with Gasteiger partial charge in [-0.3, -0.25) is 4.79 Å². The number of carbonyl (C=O) groups is 1. The van der Waals surface area contributed by atoms with Crippen molar-refractivity contribution in [3.63, 3.8) is 0 Å². The van der Waals surface area contributed by atoms with Crippen molar-refractivity contribution in [3.05, 3.63) is 16.1 Å². The van der Waals surface area contributed by atoms with E-state index in [0.29, 0.717) is 12.5 Å². The molecule has 0 aliphatic carbocycles. The van der Waals surface area contributed by atoms with Crippen LogP contribution < -0.4 is 10.6 Å². The highest BCUT2D eigenvalue weighted by Gasteiger charge is 2.05. The van der Waals surface area contributed by atoms with Crippen LogP contribution >= 0.6 is 35.3 Å². The second-order valence-corrected chi connectivity index (χ2v) is 5.52. The highest BCUT2D eigenvalue weighted by atomic mass is 127. The second kappa shape index (κ2) is 9.92. The van der Waals surface area contributed by atoms with Crippen LogP contribution in [0.15, 0.2) is 11.2 Å². The SMILES string of the molecule is CCNC(=NCC(=O)N(C)C)NCc1ncc(C)s1.I.